The van der Waals surface area contributed by atoms with Crippen molar-refractivity contribution in [1.82, 2.24) is 51.8 Å². The Kier molecular flexibility index (Phi) is 24.2. The molecule has 1 aromatic carbocycles. The summed E-state index contributed by atoms with van der Waals surface area (Å²) in [6, 6.07) is -6.86. The van der Waals surface area contributed by atoms with Crippen molar-refractivity contribution in [1.29, 1.82) is 0 Å². The van der Waals surface area contributed by atoms with Gasteiger partial charge in [-0.05, 0) is 30.7 Å². The van der Waals surface area contributed by atoms with Gasteiger partial charge in [0.2, 0.25) is 35.5 Å². The van der Waals surface area contributed by atoms with Crippen LogP contribution in [0.25, 0.3) is 11.2 Å². The molecule has 0 radical (unpaired) electrons. The summed E-state index contributed by atoms with van der Waals surface area (Å²) in [4.78, 5) is 141. The van der Waals surface area contributed by atoms with Gasteiger partial charge in [0.05, 0.1) is 38.1 Å². The number of benzene rings is 1. The van der Waals surface area contributed by atoms with Gasteiger partial charge in [-0.2, -0.15) is 17.6 Å². The number of thiol groups is 1. The fourth-order valence-electron chi connectivity index (χ4n) is 6.46. The molecule has 34 nitrogen and oxygen atoms in total. The van der Waals surface area contributed by atoms with Gasteiger partial charge in [-0.25, -0.2) is 19.6 Å². The standard InChI is InChI=1S/C41H57N13O21S/c42-17(34(67)49-19(7-24(60)61)35(68)50-20(13-76)40(74)75)10-46-36(69)25(30(64)28(62)21(57)11-55)52-37(70)26(31(65)29(63)22(58)12-56)51-23(59)6-5-18(39(72)73)48-33(66)14-1-3-15(4-2-14)44-8-16-9-45-32-27(47-16)38(71)54-41(43)53-32/h1-4,9,17-22,25-26,28-31,44,55-58,62-65,76H,5-8,10-13,42H2,(H,46,69)(H,48,66)(H,49,67)(H,50,68)(H,51,59)(H,52,70)(H,60,61)(H,72,73)(H,74,75)(H3,43,45,53,54,71)/t17-,18+,19-,20-,21+,22+,25-,26-,28+,29+,30+,31+/m0/s1. The quantitative estimate of drug-likeness (QED) is 0.0266. The average molecular weight is 1100 g/mol. The highest BCUT2D eigenvalue weighted by Crippen LogP contribution is 2.14. The smallest absolute Gasteiger partial charge is 0.327 e. The van der Waals surface area contributed by atoms with Gasteiger partial charge in [0, 0.05) is 30.0 Å². The minimum absolute atomic E-state index is 0.0206. The number of carbonyl (C=O) groups is 9. The first-order valence-corrected chi connectivity index (χ1v) is 22.8. The Morgan fingerprint density at radius 1 is 0.684 bits per heavy atom. The number of nitrogens with one attached hydrogen (secondary N) is 8. The Morgan fingerprint density at radius 2 is 1.25 bits per heavy atom. The lowest BCUT2D eigenvalue weighted by Crippen LogP contribution is -2.65. The molecule has 0 aliphatic heterocycles. The van der Waals surface area contributed by atoms with E-state index >= 15 is 0 Å². The third kappa shape index (κ3) is 18.3. The average Bonchev–Trinajstić information content (AvgIpc) is 3.38. The molecule has 23 N–H and O–H groups in total. The lowest BCUT2D eigenvalue weighted by molar-refractivity contribution is -0.145. The molecule has 0 unspecified atom stereocenters. The summed E-state index contributed by atoms with van der Waals surface area (Å²) in [7, 11) is 0. The van der Waals surface area contributed by atoms with Crippen LogP contribution in [0.5, 0.6) is 0 Å². The van der Waals surface area contributed by atoms with Gasteiger partial charge in [-0.3, -0.25) is 43.3 Å². The number of carboxylic acid groups (broad SMARTS) is 3. The molecule has 35 heteroatoms. The van der Waals surface area contributed by atoms with E-state index in [4.69, 9.17) is 11.5 Å². The third-order valence-electron chi connectivity index (χ3n) is 10.7. The number of aromatic nitrogens is 4. The van der Waals surface area contributed by atoms with Crippen molar-refractivity contribution >= 4 is 88.8 Å². The second-order valence-electron chi connectivity index (χ2n) is 16.4. The number of hydrogen-bond acceptors (Lipinski definition) is 25. The van der Waals surface area contributed by atoms with E-state index in [2.05, 4.69) is 43.2 Å². The topological polar surface area (TPSA) is 584 Å². The van der Waals surface area contributed by atoms with Gasteiger partial charge in [-0.15, -0.1) is 0 Å². The molecule has 2 heterocycles. The van der Waals surface area contributed by atoms with Gasteiger partial charge in [-0.1, -0.05) is 0 Å². The molecule has 0 aliphatic rings. The van der Waals surface area contributed by atoms with Crippen LogP contribution >= 0.6 is 12.6 Å². The second kappa shape index (κ2) is 29.4. The number of fused-ring (bicyclic) bond motifs is 1. The van der Waals surface area contributed by atoms with Crippen molar-refractivity contribution in [2.75, 3.05) is 36.6 Å². The van der Waals surface area contributed by atoms with Crippen LogP contribution in [-0.2, 0) is 44.9 Å². The molecule has 0 aliphatic carbocycles. The van der Waals surface area contributed by atoms with E-state index in [1.165, 1.54) is 30.5 Å². The van der Waals surface area contributed by atoms with Gasteiger partial charge < -0.3 is 105 Å². The number of nitrogen functional groups attached to an aromatic ring is 1. The first kappa shape index (κ1) is 62.6. The van der Waals surface area contributed by atoms with Gasteiger partial charge >= 0.3 is 17.9 Å². The third-order valence-corrected chi connectivity index (χ3v) is 11.1. The largest absolute Gasteiger partial charge is 0.481 e. The van der Waals surface area contributed by atoms with Crippen LogP contribution in [0, 0.1) is 0 Å². The highest BCUT2D eigenvalue weighted by Gasteiger charge is 2.42. The molecule has 76 heavy (non-hydrogen) atoms. The molecule has 0 saturated heterocycles. The van der Waals surface area contributed by atoms with Crippen LogP contribution in [0.3, 0.4) is 0 Å². The molecule has 6 amide bonds. The first-order chi connectivity index (χ1) is 35.7. The van der Waals surface area contributed by atoms with E-state index in [1.807, 2.05) is 26.6 Å². The number of aliphatic carboxylic acids is 3. The number of H-pyrrole nitrogens is 1. The first-order valence-electron chi connectivity index (χ1n) is 22.2. The molecule has 418 valence electrons. The molecule has 0 spiro atoms. The van der Waals surface area contributed by atoms with Crippen LogP contribution in [-0.4, -0.2) is 228 Å². The molecule has 0 fully saturated rings. The molecule has 0 bridgehead atoms. The van der Waals surface area contributed by atoms with Crippen molar-refractivity contribution < 1.29 is 99.3 Å². The maximum atomic E-state index is 13.8. The zero-order chi connectivity index (χ0) is 57.1. The van der Waals surface area contributed by atoms with Crippen molar-refractivity contribution in [3.05, 3.63) is 52.1 Å². The van der Waals surface area contributed by atoms with Crippen molar-refractivity contribution in [3.8, 4) is 0 Å². The lowest BCUT2D eigenvalue weighted by atomic mass is 9.97. The van der Waals surface area contributed by atoms with Crippen LogP contribution in [0.2, 0.25) is 0 Å². The molecule has 3 rings (SSSR count). The van der Waals surface area contributed by atoms with Crippen LogP contribution in [0.4, 0.5) is 11.6 Å². The highest BCUT2D eigenvalue weighted by molar-refractivity contribution is 7.80. The summed E-state index contributed by atoms with van der Waals surface area (Å²) in [5.74, 6) is -13.7. The SMILES string of the molecule is Nc1nc2ncc(CNc3ccc(C(=O)N[C@H](CCC(=O)N[C@H](C(=O)N[C@H](C(=O)NC[C@H](N)C(=O)N[C@@H](CC(=O)O)C(=O)N[C@@H](CS)C(=O)O)[C@@H](O)[C@H](O)[C@H](O)CO)[C@@H](O)[C@H](O)[C@H](O)CO)C(=O)O)cc3)nc2c(=O)[nH]1. The number of carboxylic acids is 3. The van der Waals surface area contributed by atoms with E-state index < -0.39 is 177 Å². The van der Waals surface area contributed by atoms with E-state index in [0.29, 0.717) is 11.4 Å². The Hall–Kier alpha value is -7.74. The maximum Gasteiger partial charge on any atom is 0.327 e. The minimum atomic E-state index is -2.64. The summed E-state index contributed by atoms with van der Waals surface area (Å²) in [5.41, 5.74) is 11.4. The number of hydrogen-bond donors (Lipinski definition) is 22. The fraction of sp³-hybridized carbons (Fsp3) is 0.488. The molecule has 3 aromatic rings. The number of nitrogens with two attached hydrogens (primary N) is 2. The van der Waals surface area contributed by atoms with Crippen molar-refractivity contribution in [2.24, 2.45) is 5.73 Å². The monoisotopic (exact) mass is 1100 g/mol. The number of aromatic amines is 1. The van der Waals surface area contributed by atoms with E-state index in [1.54, 1.807) is 0 Å². The zero-order valence-corrected chi connectivity index (χ0v) is 40.3. The fourth-order valence-corrected chi connectivity index (χ4v) is 6.71. The van der Waals surface area contributed by atoms with E-state index in [9.17, 15) is 104 Å². The Labute approximate surface area is 432 Å². The minimum Gasteiger partial charge on any atom is -0.481 e. The molecular weight excluding hydrogens is 1040 g/mol. The number of rotatable bonds is 31. The normalized spacial score (nSPS) is 16.0. The van der Waals surface area contributed by atoms with Crippen LogP contribution in [0.1, 0.15) is 35.3 Å². The van der Waals surface area contributed by atoms with Crippen LogP contribution < -0.4 is 54.2 Å². The number of carbonyl (C=O) groups excluding carboxylic acids is 6. The lowest BCUT2D eigenvalue weighted by Gasteiger charge is -2.33. The Bertz CT molecular complexity index is 2620. The predicted octanol–water partition coefficient (Wildman–Crippen LogP) is -10.1. The summed E-state index contributed by atoms with van der Waals surface area (Å²) in [6.07, 6.45) is -16.1. The molecular formula is C41H57N13O21S. The number of nitrogens with zero attached hydrogens (tertiary/aromatic N) is 3. The van der Waals surface area contributed by atoms with E-state index in [-0.39, 0.29) is 29.2 Å². The van der Waals surface area contributed by atoms with Crippen LogP contribution in [0.15, 0.2) is 35.3 Å². The Morgan fingerprint density at radius 3 is 1.79 bits per heavy atom. The Balaban J connectivity index is 1.76. The molecule has 2 aromatic heterocycles. The van der Waals surface area contributed by atoms with E-state index in [0.717, 1.165) is 0 Å². The zero-order valence-electron chi connectivity index (χ0n) is 39.4. The maximum absolute atomic E-state index is 13.8. The van der Waals surface area contributed by atoms with Gasteiger partial charge in [0.15, 0.2) is 11.2 Å². The summed E-state index contributed by atoms with van der Waals surface area (Å²) in [6.45, 7) is -3.46. The number of aliphatic hydroxyl groups is 8. The predicted molar refractivity (Wildman–Crippen MR) is 257 cm³/mol. The number of amides is 6. The number of anilines is 2. The molecule has 12 atom stereocenters. The van der Waals surface area contributed by atoms with Gasteiger partial charge in [0.25, 0.3) is 11.5 Å². The summed E-state index contributed by atoms with van der Waals surface area (Å²) >= 11 is 3.77. The summed E-state index contributed by atoms with van der Waals surface area (Å²) < 4.78 is 0. The second-order valence-corrected chi connectivity index (χ2v) is 16.8. The van der Waals surface area contributed by atoms with Gasteiger partial charge in [0.1, 0.15) is 72.9 Å². The summed E-state index contributed by atoms with van der Waals surface area (Å²) in [5, 5.41) is 125. The number of aliphatic hydroxyl groups excluding tert-OH is 8. The molecule has 0 saturated carbocycles. The van der Waals surface area contributed by atoms with Crippen molar-refractivity contribution in [3.63, 3.8) is 0 Å². The highest BCUT2D eigenvalue weighted by atomic mass is 32.1. The van der Waals surface area contributed by atoms with Crippen molar-refractivity contribution in [2.45, 2.75) is 98.7 Å².